The average Bonchev–Trinajstić information content (AvgIpc) is 2.29. The Morgan fingerprint density at radius 2 is 2.12 bits per heavy atom. The topological polar surface area (TPSA) is 28.2 Å². The predicted octanol–water partition coefficient (Wildman–Crippen LogP) is 2.43. The van der Waals surface area contributed by atoms with Crippen LogP contribution in [0.25, 0.3) is 0 Å². The van der Waals surface area contributed by atoms with Gasteiger partial charge in [0.25, 0.3) is 0 Å². The lowest BCUT2D eigenvalue weighted by Crippen LogP contribution is -2.26. The molecule has 0 fully saturated rings. The average molecular weight is 221 g/mol. The van der Waals surface area contributed by atoms with Crippen LogP contribution < -0.4 is 10.2 Å². The van der Waals surface area contributed by atoms with Gasteiger partial charge < -0.3 is 10.2 Å². The second-order valence-electron chi connectivity index (χ2n) is 4.41. The quantitative estimate of drug-likeness (QED) is 0.748. The number of anilines is 1. The second-order valence-corrected chi connectivity index (χ2v) is 4.41. The van der Waals surface area contributed by atoms with E-state index in [1.165, 1.54) is 12.0 Å². The number of nitrogens with one attached hydrogen (secondary N) is 1. The molecule has 1 heterocycles. The maximum atomic E-state index is 4.46. The molecule has 0 unspecified atom stereocenters. The van der Waals surface area contributed by atoms with Gasteiger partial charge in [-0.15, -0.1) is 0 Å². The first kappa shape index (κ1) is 13.0. The molecule has 0 aromatic carbocycles. The number of hydrogen-bond acceptors (Lipinski definition) is 3. The van der Waals surface area contributed by atoms with E-state index in [0.717, 1.165) is 18.9 Å². The molecule has 1 aromatic rings. The summed E-state index contributed by atoms with van der Waals surface area (Å²) in [7, 11) is 2.07. The van der Waals surface area contributed by atoms with E-state index in [0.29, 0.717) is 6.04 Å². The van der Waals surface area contributed by atoms with Crippen molar-refractivity contribution in [1.82, 2.24) is 10.3 Å². The largest absolute Gasteiger partial charge is 0.357 e. The fourth-order valence-corrected chi connectivity index (χ4v) is 1.40. The van der Waals surface area contributed by atoms with E-state index >= 15 is 0 Å². The fraction of sp³-hybridized carbons (Fsp3) is 0.615. The highest BCUT2D eigenvalue weighted by molar-refractivity contribution is 5.39. The second kappa shape index (κ2) is 6.48. The molecule has 0 saturated heterocycles. The first-order valence-corrected chi connectivity index (χ1v) is 6.03. The Kier molecular flexibility index (Phi) is 5.26. The van der Waals surface area contributed by atoms with Crippen molar-refractivity contribution >= 4 is 5.82 Å². The zero-order chi connectivity index (χ0) is 12.0. The minimum absolute atomic E-state index is 0.483. The minimum atomic E-state index is 0.483. The van der Waals surface area contributed by atoms with Gasteiger partial charge in [-0.2, -0.15) is 0 Å². The van der Waals surface area contributed by atoms with Gasteiger partial charge in [-0.3, -0.25) is 0 Å². The summed E-state index contributed by atoms with van der Waals surface area (Å²) in [6, 6.07) is 4.71. The van der Waals surface area contributed by atoms with Crippen molar-refractivity contribution in [2.45, 2.75) is 39.8 Å². The van der Waals surface area contributed by atoms with E-state index < -0.39 is 0 Å². The lowest BCUT2D eigenvalue weighted by molar-refractivity contribution is 0.673. The molecule has 0 radical (unpaired) electrons. The van der Waals surface area contributed by atoms with Crippen LogP contribution >= 0.6 is 0 Å². The molecule has 0 aliphatic carbocycles. The number of pyridine rings is 1. The van der Waals surface area contributed by atoms with Crippen LogP contribution in [0, 0.1) is 0 Å². The highest BCUT2D eigenvalue weighted by Crippen LogP contribution is 2.11. The van der Waals surface area contributed by atoms with Crippen LogP contribution in [0.5, 0.6) is 0 Å². The Morgan fingerprint density at radius 1 is 1.38 bits per heavy atom. The summed E-state index contributed by atoms with van der Waals surface area (Å²) in [4.78, 5) is 6.63. The van der Waals surface area contributed by atoms with Crippen LogP contribution in [0.1, 0.15) is 32.8 Å². The van der Waals surface area contributed by atoms with Gasteiger partial charge in [0, 0.05) is 25.8 Å². The molecule has 0 aliphatic heterocycles. The van der Waals surface area contributed by atoms with Gasteiger partial charge in [0.1, 0.15) is 5.82 Å². The maximum Gasteiger partial charge on any atom is 0.128 e. The van der Waals surface area contributed by atoms with Gasteiger partial charge in [0.05, 0.1) is 0 Å². The van der Waals surface area contributed by atoms with Crippen molar-refractivity contribution in [2.24, 2.45) is 0 Å². The Labute approximate surface area is 98.9 Å². The third-order valence-electron chi connectivity index (χ3n) is 2.70. The first-order valence-electron chi connectivity index (χ1n) is 6.03. The monoisotopic (exact) mass is 221 g/mol. The maximum absolute atomic E-state index is 4.46. The lowest BCUT2D eigenvalue weighted by Gasteiger charge is -2.22. The minimum Gasteiger partial charge on any atom is -0.357 e. The molecule has 0 bridgehead atoms. The molecule has 90 valence electrons. The van der Waals surface area contributed by atoms with Gasteiger partial charge in [-0.1, -0.05) is 13.0 Å². The molecule has 0 saturated carbocycles. The number of nitrogens with zero attached hydrogens (tertiary/aromatic N) is 2. The van der Waals surface area contributed by atoms with E-state index in [1.807, 2.05) is 6.20 Å². The first-order chi connectivity index (χ1) is 7.65. The summed E-state index contributed by atoms with van der Waals surface area (Å²) in [6.45, 7) is 8.48. The molecule has 16 heavy (non-hydrogen) atoms. The standard InChI is InChI=1S/C13H23N3/c1-5-8-14-9-12-6-7-13(15-10-12)16(4)11(2)3/h6-7,10-11,14H,5,8-9H2,1-4H3. The molecule has 1 rings (SSSR count). The van der Waals surface area contributed by atoms with Crippen molar-refractivity contribution in [3.8, 4) is 0 Å². The number of rotatable bonds is 6. The van der Waals surface area contributed by atoms with Gasteiger partial charge in [0.15, 0.2) is 0 Å². The molecular weight excluding hydrogens is 198 g/mol. The third-order valence-corrected chi connectivity index (χ3v) is 2.70. The van der Waals surface area contributed by atoms with E-state index in [9.17, 15) is 0 Å². The highest BCUT2D eigenvalue weighted by Gasteiger charge is 2.05. The van der Waals surface area contributed by atoms with E-state index in [2.05, 4.69) is 55.2 Å². The summed E-state index contributed by atoms with van der Waals surface area (Å²) in [6.07, 6.45) is 3.12. The number of aromatic nitrogens is 1. The zero-order valence-corrected chi connectivity index (χ0v) is 10.8. The Hall–Kier alpha value is -1.09. The summed E-state index contributed by atoms with van der Waals surface area (Å²) in [5, 5.41) is 3.37. The Balaban J connectivity index is 2.54. The smallest absolute Gasteiger partial charge is 0.128 e. The lowest BCUT2D eigenvalue weighted by atomic mass is 10.2. The van der Waals surface area contributed by atoms with Gasteiger partial charge in [-0.25, -0.2) is 4.98 Å². The van der Waals surface area contributed by atoms with Crippen LogP contribution in [-0.4, -0.2) is 24.6 Å². The molecule has 3 nitrogen and oxygen atoms in total. The van der Waals surface area contributed by atoms with Crippen molar-refractivity contribution in [3.05, 3.63) is 23.9 Å². The van der Waals surface area contributed by atoms with E-state index in [4.69, 9.17) is 0 Å². The molecular formula is C13H23N3. The van der Waals surface area contributed by atoms with Gasteiger partial charge >= 0.3 is 0 Å². The number of hydrogen-bond donors (Lipinski definition) is 1. The van der Waals surface area contributed by atoms with E-state index in [1.54, 1.807) is 0 Å². The van der Waals surface area contributed by atoms with Crippen LogP contribution in [0.4, 0.5) is 5.82 Å². The SMILES string of the molecule is CCCNCc1ccc(N(C)C(C)C)nc1. The third kappa shape index (κ3) is 3.81. The van der Waals surface area contributed by atoms with Gasteiger partial charge in [-0.05, 0) is 38.4 Å². The van der Waals surface area contributed by atoms with Gasteiger partial charge in [0.2, 0.25) is 0 Å². The van der Waals surface area contributed by atoms with Crippen molar-refractivity contribution in [2.75, 3.05) is 18.5 Å². The van der Waals surface area contributed by atoms with Crippen molar-refractivity contribution in [3.63, 3.8) is 0 Å². The summed E-state index contributed by atoms with van der Waals surface area (Å²) in [5.41, 5.74) is 1.24. The highest BCUT2D eigenvalue weighted by atomic mass is 15.2. The molecule has 0 spiro atoms. The van der Waals surface area contributed by atoms with Crippen molar-refractivity contribution in [1.29, 1.82) is 0 Å². The van der Waals surface area contributed by atoms with E-state index in [-0.39, 0.29) is 0 Å². The fourth-order valence-electron chi connectivity index (χ4n) is 1.40. The van der Waals surface area contributed by atoms with Crippen LogP contribution in [0.2, 0.25) is 0 Å². The molecule has 0 aliphatic rings. The van der Waals surface area contributed by atoms with Crippen LogP contribution in [0.15, 0.2) is 18.3 Å². The zero-order valence-electron chi connectivity index (χ0n) is 10.8. The summed E-state index contributed by atoms with van der Waals surface area (Å²) < 4.78 is 0. The normalized spacial score (nSPS) is 10.8. The molecule has 0 atom stereocenters. The molecule has 1 N–H and O–H groups in total. The summed E-state index contributed by atoms with van der Waals surface area (Å²) in [5.74, 6) is 1.04. The van der Waals surface area contributed by atoms with Crippen molar-refractivity contribution < 1.29 is 0 Å². The molecule has 1 aromatic heterocycles. The predicted molar refractivity (Wildman–Crippen MR) is 69.8 cm³/mol. The summed E-state index contributed by atoms with van der Waals surface area (Å²) >= 11 is 0. The Bertz CT molecular complexity index is 293. The Morgan fingerprint density at radius 3 is 2.62 bits per heavy atom. The van der Waals surface area contributed by atoms with Crippen LogP contribution in [0.3, 0.4) is 0 Å². The van der Waals surface area contributed by atoms with Crippen LogP contribution in [-0.2, 0) is 6.54 Å². The molecule has 3 heteroatoms. The molecule has 0 amide bonds.